The Labute approximate surface area is 153 Å². The average Bonchev–Trinajstić information content (AvgIpc) is 2.99. The first-order valence-electron chi connectivity index (χ1n) is 8.75. The lowest BCUT2D eigenvalue weighted by atomic mass is 10.2. The molecular formula is C19H25N3O4. The minimum Gasteiger partial charge on any atom is -0.497 e. The number of hydrogen-bond donors (Lipinski definition) is 0. The van der Waals surface area contributed by atoms with Crippen molar-refractivity contribution in [1.29, 1.82) is 0 Å². The molecule has 0 radical (unpaired) electrons. The zero-order valence-corrected chi connectivity index (χ0v) is 15.5. The second kappa shape index (κ2) is 8.23. The largest absolute Gasteiger partial charge is 0.497 e. The Kier molecular flexibility index (Phi) is 5.78. The van der Waals surface area contributed by atoms with Crippen LogP contribution in [0.2, 0.25) is 0 Å². The van der Waals surface area contributed by atoms with Gasteiger partial charge >= 0.3 is 0 Å². The number of amides is 1. The second-order valence-corrected chi connectivity index (χ2v) is 6.43. The zero-order valence-electron chi connectivity index (χ0n) is 15.5. The lowest BCUT2D eigenvalue weighted by Gasteiger charge is -2.34. The van der Waals surface area contributed by atoms with E-state index in [2.05, 4.69) is 10.1 Å². The minimum atomic E-state index is 0.00445. The summed E-state index contributed by atoms with van der Waals surface area (Å²) >= 11 is 0. The van der Waals surface area contributed by atoms with Gasteiger partial charge in [-0.2, -0.15) is 0 Å². The first-order chi connectivity index (χ1) is 12.6. The number of aryl methyl sites for hydroxylation is 2. The summed E-state index contributed by atoms with van der Waals surface area (Å²) in [6.07, 6.45) is 0. The van der Waals surface area contributed by atoms with Crippen LogP contribution in [0.4, 0.5) is 0 Å². The van der Waals surface area contributed by atoms with Gasteiger partial charge in [0.25, 0.3) is 5.91 Å². The summed E-state index contributed by atoms with van der Waals surface area (Å²) < 4.78 is 16.0. The summed E-state index contributed by atoms with van der Waals surface area (Å²) in [7, 11) is 1.60. The van der Waals surface area contributed by atoms with Crippen molar-refractivity contribution in [3.05, 3.63) is 41.3 Å². The number of aromatic nitrogens is 1. The van der Waals surface area contributed by atoms with Crippen LogP contribution in [-0.4, -0.2) is 60.8 Å². The number of carbonyl (C=O) groups excluding carboxylic acids is 1. The highest BCUT2D eigenvalue weighted by Crippen LogP contribution is 2.19. The quantitative estimate of drug-likeness (QED) is 0.786. The van der Waals surface area contributed by atoms with Crippen molar-refractivity contribution in [2.75, 3.05) is 39.9 Å². The van der Waals surface area contributed by atoms with Crippen molar-refractivity contribution in [3.8, 4) is 11.5 Å². The predicted molar refractivity (Wildman–Crippen MR) is 96.3 cm³/mol. The van der Waals surface area contributed by atoms with E-state index in [4.69, 9.17) is 14.0 Å². The van der Waals surface area contributed by atoms with Crippen LogP contribution in [0, 0.1) is 13.8 Å². The summed E-state index contributed by atoms with van der Waals surface area (Å²) in [6, 6.07) is 7.27. The number of hydrogen-bond acceptors (Lipinski definition) is 6. The molecule has 1 saturated heterocycles. The van der Waals surface area contributed by atoms with Crippen LogP contribution in [0.3, 0.4) is 0 Å². The first-order valence-corrected chi connectivity index (χ1v) is 8.75. The Hall–Kier alpha value is -2.54. The van der Waals surface area contributed by atoms with Gasteiger partial charge in [-0.15, -0.1) is 0 Å². The molecule has 26 heavy (non-hydrogen) atoms. The molecule has 3 rings (SSSR count). The smallest absolute Gasteiger partial charge is 0.260 e. The Morgan fingerprint density at radius 1 is 1.19 bits per heavy atom. The van der Waals surface area contributed by atoms with Crippen molar-refractivity contribution < 1.29 is 18.8 Å². The van der Waals surface area contributed by atoms with Crippen molar-refractivity contribution in [2.45, 2.75) is 20.4 Å². The van der Waals surface area contributed by atoms with Crippen LogP contribution in [-0.2, 0) is 11.3 Å². The van der Waals surface area contributed by atoms with Gasteiger partial charge in [-0.25, -0.2) is 0 Å². The van der Waals surface area contributed by atoms with E-state index in [9.17, 15) is 4.79 Å². The van der Waals surface area contributed by atoms with Crippen molar-refractivity contribution >= 4 is 5.91 Å². The minimum absolute atomic E-state index is 0.00445. The van der Waals surface area contributed by atoms with Gasteiger partial charge < -0.3 is 18.9 Å². The fourth-order valence-corrected chi connectivity index (χ4v) is 3.03. The van der Waals surface area contributed by atoms with E-state index >= 15 is 0 Å². The van der Waals surface area contributed by atoms with Crippen LogP contribution < -0.4 is 9.47 Å². The molecule has 0 spiro atoms. The molecule has 1 aliphatic rings. The lowest BCUT2D eigenvalue weighted by Crippen LogP contribution is -2.49. The third-order valence-electron chi connectivity index (χ3n) is 4.69. The van der Waals surface area contributed by atoms with E-state index in [0.717, 1.165) is 36.7 Å². The number of nitrogens with zero attached hydrogens (tertiary/aromatic N) is 3. The number of ether oxygens (including phenoxy) is 2. The van der Waals surface area contributed by atoms with Gasteiger partial charge in [-0.3, -0.25) is 9.69 Å². The molecule has 1 aliphatic heterocycles. The highest BCUT2D eigenvalue weighted by atomic mass is 16.5. The molecule has 1 fully saturated rings. The van der Waals surface area contributed by atoms with E-state index < -0.39 is 0 Å². The van der Waals surface area contributed by atoms with Gasteiger partial charge in [0.1, 0.15) is 17.3 Å². The summed E-state index contributed by atoms with van der Waals surface area (Å²) in [5, 5.41) is 4.00. The summed E-state index contributed by atoms with van der Waals surface area (Å²) in [5.41, 5.74) is 2.08. The molecule has 140 valence electrons. The molecule has 0 N–H and O–H groups in total. The number of piperazine rings is 1. The molecule has 0 unspecified atom stereocenters. The van der Waals surface area contributed by atoms with E-state index in [0.29, 0.717) is 24.6 Å². The molecule has 2 aromatic rings. The molecule has 1 amide bonds. The molecule has 0 bridgehead atoms. The van der Waals surface area contributed by atoms with E-state index in [1.807, 2.05) is 36.9 Å². The maximum absolute atomic E-state index is 12.4. The van der Waals surface area contributed by atoms with E-state index in [1.165, 1.54) is 0 Å². The number of carbonyl (C=O) groups is 1. The number of methoxy groups -OCH3 is 1. The van der Waals surface area contributed by atoms with Crippen molar-refractivity contribution in [2.24, 2.45) is 0 Å². The van der Waals surface area contributed by atoms with Crippen LogP contribution >= 0.6 is 0 Å². The first kappa shape index (κ1) is 18.3. The summed E-state index contributed by atoms with van der Waals surface area (Å²) in [4.78, 5) is 16.6. The Morgan fingerprint density at radius 3 is 2.58 bits per heavy atom. The normalized spacial score (nSPS) is 15.1. The van der Waals surface area contributed by atoms with Crippen LogP contribution in [0.15, 0.2) is 28.8 Å². The van der Waals surface area contributed by atoms with Crippen LogP contribution in [0.1, 0.15) is 17.0 Å². The molecule has 2 heterocycles. The van der Waals surface area contributed by atoms with Gasteiger partial charge in [0.2, 0.25) is 0 Å². The molecule has 0 atom stereocenters. The number of benzene rings is 1. The van der Waals surface area contributed by atoms with Crippen LogP contribution in [0.5, 0.6) is 11.5 Å². The Bertz CT molecular complexity index is 731. The Balaban J connectivity index is 1.46. The fourth-order valence-electron chi connectivity index (χ4n) is 3.03. The standard InChI is InChI=1S/C19H25N3O4/c1-14-18(15(2)26-20-14)12-21-7-9-22(10-8-21)19(23)13-25-17-6-4-5-16(11-17)24-3/h4-6,11H,7-10,12-13H2,1-3H3. The number of rotatable bonds is 6. The summed E-state index contributed by atoms with van der Waals surface area (Å²) in [5.74, 6) is 2.22. The monoisotopic (exact) mass is 359 g/mol. The van der Waals surface area contributed by atoms with Gasteiger partial charge in [0, 0.05) is 44.4 Å². The highest BCUT2D eigenvalue weighted by Gasteiger charge is 2.23. The van der Waals surface area contributed by atoms with Gasteiger partial charge in [0.15, 0.2) is 6.61 Å². The van der Waals surface area contributed by atoms with Gasteiger partial charge in [-0.1, -0.05) is 11.2 Å². The fraction of sp³-hybridized carbons (Fsp3) is 0.474. The average molecular weight is 359 g/mol. The second-order valence-electron chi connectivity index (χ2n) is 6.43. The molecule has 0 aliphatic carbocycles. The maximum atomic E-state index is 12.4. The predicted octanol–water partition coefficient (Wildman–Crippen LogP) is 2.02. The molecule has 1 aromatic heterocycles. The lowest BCUT2D eigenvalue weighted by molar-refractivity contribution is -0.135. The SMILES string of the molecule is COc1cccc(OCC(=O)N2CCN(Cc3c(C)noc3C)CC2)c1. The van der Waals surface area contributed by atoms with Crippen LogP contribution in [0.25, 0.3) is 0 Å². The highest BCUT2D eigenvalue weighted by molar-refractivity contribution is 5.77. The molecule has 7 heteroatoms. The van der Waals surface area contributed by atoms with E-state index in [-0.39, 0.29) is 12.5 Å². The molecular weight excluding hydrogens is 334 g/mol. The maximum Gasteiger partial charge on any atom is 0.260 e. The zero-order chi connectivity index (χ0) is 18.5. The third kappa shape index (κ3) is 4.35. The molecule has 0 saturated carbocycles. The third-order valence-corrected chi connectivity index (χ3v) is 4.69. The molecule has 7 nitrogen and oxygen atoms in total. The summed E-state index contributed by atoms with van der Waals surface area (Å²) in [6.45, 7) is 7.80. The van der Waals surface area contributed by atoms with Gasteiger partial charge in [-0.05, 0) is 26.0 Å². The van der Waals surface area contributed by atoms with Crippen molar-refractivity contribution in [3.63, 3.8) is 0 Å². The van der Waals surface area contributed by atoms with Gasteiger partial charge in [0.05, 0.1) is 12.8 Å². The topological polar surface area (TPSA) is 68.0 Å². The van der Waals surface area contributed by atoms with Crippen molar-refractivity contribution in [1.82, 2.24) is 15.0 Å². The molecule has 1 aromatic carbocycles. The van der Waals surface area contributed by atoms with E-state index in [1.54, 1.807) is 13.2 Å². The Morgan fingerprint density at radius 2 is 1.92 bits per heavy atom.